The minimum atomic E-state index is -0.933. The molecular formula is C6H20N2O2P2. The fourth-order valence-electron chi connectivity index (χ4n) is 0.632. The number of nitrogens with two attached hydrogens (primary N) is 2. The van der Waals surface area contributed by atoms with Crippen LogP contribution in [0.25, 0.3) is 0 Å². The molecule has 0 rings (SSSR count). The molecule has 76 valence electrons. The van der Waals surface area contributed by atoms with Crippen molar-refractivity contribution in [3.63, 3.8) is 0 Å². The first-order valence-corrected chi connectivity index (χ1v) is 3.37. The fourth-order valence-corrected chi connectivity index (χ4v) is 0.632. The number of hydrogen-bond donors (Lipinski definition) is 3. The molecule has 12 heavy (non-hydrogen) atoms. The molecule has 0 aliphatic rings. The molecule has 0 aromatic carbocycles. The molecule has 0 aliphatic heterocycles. The second kappa shape index (κ2) is 11.2. The molecule has 0 heterocycles. The van der Waals surface area contributed by atoms with E-state index >= 15 is 0 Å². The number of unbranched alkanes of at least 4 members (excludes halogenated alkanes) is 1. The maximum atomic E-state index is 10.1. The topological polar surface area (TPSA) is 89.3 Å². The Labute approximate surface area is 79.7 Å². The smallest absolute Gasteiger partial charge is 0.320 e. The van der Waals surface area contributed by atoms with Gasteiger partial charge in [-0.3, -0.25) is 4.79 Å². The Morgan fingerprint density at radius 2 is 1.83 bits per heavy atom. The average Bonchev–Trinajstić information content (AvgIpc) is 1.88. The van der Waals surface area contributed by atoms with Gasteiger partial charge in [-0.15, -0.1) is 0 Å². The Kier molecular flexibility index (Phi) is 17.0. The largest absolute Gasteiger partial charge is 0.480 e. The number of carbonyl (C=O) groups is 1. The normalized spacial score (nSPS) is 10.8. The third-order valence-corrected chi connectivity index (χ3v) is 1.29. The van der Waals surface area contributed by atoms with Crippen molar-refractivity contribution in [3.05, 3.63) is 0 Å². The van der Waals surface area contributed by atoms with E-state index < -0.39 is 12.0 Å². The molecule has 0 aliphatic carbocycles. The van der Waals surface area contributed by atoms with Crippen LogP contribution in [0.5, 0.6) is 0 Å². The summed E-state index contributed by atoms with van der Waals surface area (Å²) in [5.41, 5.74) is 10.4. The van der Waals surface area contributed by atoms with Crippen LogP contribution >= 0.6 is 19.8 Å². The van der Waals surface area contributed by atoms with E-state index in [-0.39, 0.29) is 19.8 Å². The summed E-state index contributed by atoms with van der Waals surface area (Å²) in [6.07, 6.45) is 2.16. The average molecular weight is 214 g/mol. The molecule has 0 radical (unpaired) electrons. The SMILES string of the molecule is NCCCCC(N)C(=O)O.P.P. The van der Waals surface area contributed by atoms with Crippen molar-refractivity contribution in [2.24, 2.45) is 11.5 Å². The van der Waals surface area contributed by atoms with Gasteiger partial charge in [0.05, 0.1) is 0 Å². The molecular weight excluding hydrogens is 194 g/mol. The molecule has 5 N–H and O–H groups in total. The molecule has 3 atom stereocenters. The molecule has 6 heteroatoms. The minimum absolute atomic E-state index is 0. The quantitative estimate of drug-likeness (QED) is 0.431. The van der Waals surface area contributed by atoms with Gasteiger partial charge < -0.3 is 16.6 Å². The predicted octanol–water partition coefficient (Wildman–Crippen LogP) is -0.356. The van der Waals surface area contributed by atoms with E-state index in [1.807, 2.05) is 0 Å². The Morgan fingerprint density at radius 1 is 1.33 bits per heavy atom. The first-order valence-electron chi connectivity index (χ1n) is 3.37. The molecule has 0 saturated heterocycles. The van der Waals surface area contributed by atoms with Gasteiger partial charge in [-0.05, 0) is 19.4 Å². The molecule has 0 aromatic rings. The highest BCUT2D eigenvalue weighted by molar-refractivity contribution is 6.92. The highest BCUT2D eigenvalue weighted by Crippen LogP contribution is 1.96. The van der Waals surface area contributed by atoms with Crippen LogP contribution in [0.4, 0.5) is 0 Å². The van der Waals surface area contributed by atoms with Gasteiger partial charge in [-0.25, -0.2) is 0 Å². The Bertz CT molecular complexity index is 114. The van der Waals surface area contributed by atoms with Crippen LogP contribution in [0, 0.1) is 0 Å². The van der Waals surface area contributed by atoms with Crippen molar-refractivity contribution < 1.29 is 9.90 Å². The summed E-state index contributed by atoms with van der Waals surface area (Å²) < 4.78 is 0. The molecule has 0 spiro atoms. The van der Waals surface area contributed by atoms with Crippen molar-refractivity contribution in [1.82, 2.24) is 0 Å². The van der Waals surface area contributed by atoms with Crippen molar-refractivity contribution in [3.8, 4) is 0 Å². The number of carboxylic acid groups (broad SMARTS) is 1. The molecule has 0 fully saturated rings. The maximum Gasteiger partial charge on any atom is 0.320 e. The molecule has 4 nitrogen and oxygen atoms in total. The van der Waals surface area contributed by atoms with Crippen LogP contribution in [-0.2, 0) is 4.79 Å². The molecule has 3 unspecified atom stereocenters. The van der Waals surface area contributed by atoms with E-state index in [9.17, 15) is 4.79 Å². The Balaban J connectivity index is -0.000000405. The summed E-state index contributed by atoms with van der Waals surface area (Å²) in [4.78, 5) is 10.1. The van der Waals surface area contributed by atoms with E-state index in [4.69, 9.17) is 16.6 Å². The van der Waals surface area contributed by atoms with E-state index in [0.717, 1.165) is 12.8 Å². The van der Waals surface area contributed by atoms with Crippen molar-refractivity contribution in [2.45, 2.75) is 25.3 Å². The van der Waals surface area contributed by atoms with Gasteiger partial charge in [0.1, 0.15) is 6.04 Å². The van der Waals surface area contributed by atoms with E-state index in [0.29, 0.717) is 13.0 Å². The number of rotatable bonds is 5. The lowest BCUT2D eigenvalue weighted by atomic mass is 10.1. The van der Waals surface area contributed by atoms with E-state index in [1.165, 1.54) is 0 Å². The van der Waals surface area contributed by atoms with Crippen molar-refractivity contribution >= 4 is 25.8 Å². The highest BCUT2D eigenvalue weighted by atomic mass is 31.0. The zero-order valence-corrected chi connectivity index (χ0v) is 10.2. The van der Waals surface area contributed by atoms with Gasteiger partial charge in [0.25, 0.3) is 0 Å². The lowest BCUT2D eigenvalue weighted by Gasteiger charge is -2.03. The number of hydrogen-bond acceptors (Lipinski definition) is 3. The third-order valence-electron chi connectivity index (χ3n) is 1.29. The van der Waals surface area contributed by atoms with Crippen molar-refractivity contribution in [2.75, 3.05) is 6.54 Å². The second-order valence-corrected chi connectivity index (χ2v) is 2.23. The zero-order valence-electron chi connectivity index (χ0n) is 7.33. The van der Waals surface area contributed by atoms with Gasteiger partial charge in [0, 0.05) is 0 Å². The number of aliphatic carboxylic acids is 1. The molecule has 0 saturated carbocycles. The summed E-state index contributed by atoms with van der Waals surface area (Å²) >= 11 is 0. The second-order valence-electron chi connectivity index (χ2n) is 2.23. The monoisotopic (exact) mass is 214 g/mol. The summed E-state index contributed by atoms with van der Waals surface area (Å²) in [7, 11) is 0. The van der Waals surface area contributed by atoms with Crippen LogP contribution in [0.1, 0.15) is 19.3 Å². The number of carboxylic acids is 1. The third kappa shape index (κ3) is 10.2. The summed E-state index contributed by atoms with van der Waals surface area (Å²) in [5, 5.41) is 8.33. The molecule has 0 bridgehead atoms. The van der Waals surface area contributed by atoms with Crippen LogP contribution in [0.15, 0.2) is 0 Å². The highest BCUT2D eigenvalue weighted by Gasteiger charge is 2.09. The predicted molar refractivity (Wildman–Crippen MR) is 60.7 cm³/mol. The first kappa shape index (κ1) is 18.1. The van der Waals surface area contributed by atoms with Gasteiger partial charge in [0.2, 0.25) is 0 Å². The van der Waals surface area contributed by atoms with Gasteiger partial charge in [0.15, 0.2) is 0 Å². The summed E-state index contributed by atoms with van der Waals surface area (Å²) in [6.45, 7) is 0.604. The summed E-state index contributed by atoms with van der Waals surface area (Å²) in [5.74, 6) is -0.933. The van der Waals surface area contributed by atoms with Crippen LogP contribution < -0.4 is 11.5 Å². The molecule has 0 amide bonds. The van der Waals surface area contributed by atoms with Gasteiger partial charge in [-0.1, -0.05) is 6.42 Å². The van der Waals surface area contributed by atoms with E-state index in [2.05, 4.69) is 0 Å². The Morgan fingerprint density at radius 3 is 2.17 bits per heavy atom. The lowest BCUT2D eigenvalue weighted by Crippen LogP contribution is -2.29. The summed E-state index contributed by atoms with van der Waals surface area (Å²) in [6, 6.07) is -0.716. The van der Waals surface area contributed by atoms with Crippen molar-refractivity contribution in [1.29, 1.82) is 0 Å². The maximum absolute atomic E-state index is 10.1. The van der Waals surface area contributed by atoms with Crippen LogP contribution in [-0.4, -0.2) is 23.7 Å². The lowest BCUT2D eigenvalue weighted by molar-refractivity contribution is -0.138. The first-order chi connectivity index (χ1) is 4.68. The van der Waals surface area contributed by atoms with Crippen LogP contribution in [0.2, 0.25) is 0 Å². The zero-order chi connectivity index (χ0) is 7.98. The van der Waals surface area contributed by atoms with Crippen LogP contribution in [0.3, 0.4) is 0 Å². The fraction of sp³-hybridized carbons (Fsp3) is 0.833. The van der Waals surface area contributed by atoms with Gasteiger partial charge in [-0.2, -0.15) is 19.8 Å². The molecule has 0 aromatic heterocycles. The minimum Gasteiger partial charge on any atom is -0.480 e. The van der Waals surface area contributed by atoms with Gasteiger partial charge >= 0.3 is 5.97 Å². The standard InChI is InChI=1S/C6H14N2O2.2H3P/c7-4-2-1-3-5(8)6(9)10;;/h5H,1-4,7-8H2,(H,9,10);2*1H3. The van der Waals surface area contributed by atoms with E-state index in [1.54, 1.807) is 0 Å². The Hall–Kier alpha value is 0.250.